The fourth-order valence-corrected chi connectivity index (χ4v) is 5.01. The van der Waals surface area contributed by atoms with Gasteiger partial charge in [0.25, 0.3) is 5.91 Å². The predicted octanol–water partition coefficient (Wildman–Crippen LogP) is 2.34. The van der Waals surface area contributed by atoms with Crippen molar-refractivity contribution in [2.24, 2.45) is 5.73 Å². The molecule has 40 heavy (non-hydrogen) atoms. The number of ether oxygens (including phenoxy) is 1. The van der Waals surface area contributed by atoms with E-state index >= 15 is 0 Å². The Balaban J connectivity index is 1.36. The van der Waals surface area contributed by atoms with E-state index in [0.717, 1.165) is 17.9 Å². The Labute approximate surface area is 230 Å². The fourth-order valence-electron chi connectivity index (χ4n) is 5.01. The summed E-state index contributed by atoms with van der Waals surface area (Å²) < 4.78 is 11.2. The fraction of sp³-hybridized carbons (Fsp3) is 0.370. The summed E-state index contributed by atoms with van der Waals surface area (Å²) in [4.78, 5) is 44.3. The van der Waals surface area contributed by atoms with Gasteiger partial charge in [-0.05, 0) is 50.6 Å². The molecule has 0 saturated heterocycles. The molecule has 13 heteroatoms. The summed E-state index contributed by atoms with van der Waals surface area (Å²) in [7, 11) is 1.49. The zero-order valence-corrected chi connectivity index (χ0v) is 22.8. The number of aromatic nitrogens is 5. The van der Waals surface area contributed by atoms with Crippen molar-refractivity contribution in [2.75, 3.05) is 25.5 Å². The van der Waals surface area contributed by atoms with Gasteiger partial charge in [-0.3, -0.25) is 19.6 Å². The van der Waals surface area contributed by atoms with Crippen molar-refractivity contribution in [2.45, 2.75) is 46.4 Å². The van der Waals surface area contributed by atoms with E-state index in [1.54, 1.807) is 27.8 Å². The number of carbonyl (C=O) groups excluding carboxylic acids is 3. The third-order valence-electron chi connectivity index (χ3n) is 6.98. The number of nitrogens with two attached hydrogens (primary N) is 1. The van der Waals surface area contributed by atoms with Crippen LogP contribution in [0.3, 0.4) is 0 Å². The molecule has 0 spiro atoms. The van der Waals surface area contributed by atoms with Crippen molar-refractivity contribution in [3.8, 4) is 5.75 Å². The molecule has 1 aliphatic rings. The molecule has 4 N–H and O–H groups in total. The number of imidazole rings is 1. The van der Waals surface area contributed by atoms with Crippen LogP contribution in [-0.4, -0.2) is 66.8 Å². The number of urea groups is 1. The average molecular weight is 548 g/mol. The molecule has 0 unspecified atom stereocenters. The quantitative estimate of drug-likeness (QED) is 0.273. The van der Waals surface area contributed by atoms with E-state index in [-0.39, 0.29) is 23.5 Å². The molecule has 0 radical (unpaired) electrons. The number of benzene rings is 1. The van der Waals surface area contributed by atoms with E-state index in [1.807, 2.05) is 36.7 Å². The van der Waals surface area contributed by atoms with E-state index in [9.17, 15) is 14.4 Å². The van der Waals surface area contributed by atoms with Crippen molar-refractivity contribution in [3.63, 3.8) is 0 Å². The highest BCUT2D eigenvalue weighted by Crippen LogP contribution is 2.31. The molecular weight excluding hydrogens is 514 g/mol. The van der Waals surface area contributed by atoms with Crippen LogP contribution >= 0.6 is 0 Å². The number of anilines is 1. The second kappa shape index (κ2) is 11.1. The summed E-state index contributed by atoms with van der Waals surface area (Å²) in [6, 6.07) is 8.72. The number of nitrogens with zero attached hydrogens (tertiary/aromatic N) is 6. The van der Waals surface area contributed by atoms with Gasteiger partial charge in [0.15, 0.2) is 0 Å². The van der Waals surface area contributed by atoms with Gasteiger partial charge in [-0.25, -0.2) is 9.78 Å². The van der Waals surface area contributed by atoms with E-state index in [4.69, 9.17) is 10.5 Å². The lowest BCUT2D eigenvalue weighted by Gasteiger charge is -2.28. The first kappa shape index (κ1) is 26.8. The highest BCUT2D eigenvalue weighted by molar-refractivity contribution is 6.04. The second-order valence-electron chi connectivity index (χ2n) is 9.64. The monoisotopic (exact) mass is 547 g/mol. The summed E-state index contributed by atoms with van der Waals surface area (Å²) in [6.45, 7) is 7.06. The minimum absolute atomic E-state index is 0.122. The molecule has 4 heterocycles. The Bertz CT molecular complexity index is 1580. The molecule has 1 aromatic carbocycles. The number of methoxy groups -OCH3 is 1. The van der Waals surface area contributed by atoms with Gasteiger partial charge in [0.05, 0.1) is 24.9 Å². The number of primary amides is 1. The number of fused-ring (bicyclic) bond motifs is 2. The number of hydrogen-bond donors (Lipinski definition) is 3. The van der Waals surface area contributed by atoms with Gasteiger partial charge in [0.1, 0.15) is 17.0 Å². The molecule has 13 nitrogen and oxygen atoms in total. The molecule has 4 aromatic rings. The first-order valence-corrected chi connectivity index (χ1v) is 13.2. The molecule has 5 rings (SSSR count). The van der Waals surface area contributed by atoms with Crippen LogP contribution in [0.5, 0.6) is 5.75 Å². The van der Waals surface area contributed by atoms with E-state index in [1.165, 1.54) is 7.11 Å². The van der Waals surface area contributed by atoms with Gasteiger partial charge in [0.2, 0.25) is 11.9 Å². The first-order valence-electron chi connectivity index (χ1n) is 13.2. The van der Waals surface area contributed by atoms with Crippen LogP contribution in [0.4, 0.5) is 10.7 Å². The van der Waals surface area contributed by atoms with Crippen molar-refractivity contribution in [1.82, 2.24) is 34.1 Å². The zero-order chi connectivity index (χ0) is 28.4. The normalized spacial score (nSPS) is 12.8. The Kier molecular flexibility index (Phi) is 7.45. The molecule has 0 fully saturated rings. The first-order chi connectivity index (χ1) is 19.3. The van der Waals surface area contributed by atoms with Crippen LogP contribution in [-0.2, 0) is 26.2 Å². The van der Waals surface area contributed by atoms with Crippen LogP contribution < -0.4 is 21.1 Å². The minimum atomic E-state index is -0.615. The molecule has 0 atom stereocenters. The Morgan fingerprint density at radius 3 is 2.75 bits per heavy atom. The lowest BCUT2D eigenvalue weighted by Crippen LogP contribution is -2.44. The van der Waals surface area contributed by atoms with Crippen LogP contribution in [0.15, 0.2) is 36.5 Å². The maximum atomic E-state index is 13.2. The minimum Gasteiger partial charge on any atom is -0.494 e. The number of rotatable bonds is 9. The van der Waals surface area contributed by atoms with Crippen LogP contribution in [0.25, 0.3) is 11.0 Å². The molecule has 0 saturated carbocycles. The van der Waals surface area contributed by atoms with Gasteiger partial charge in [-0.1, -0.05) is 0 Å². The van der Waals surface area contributed by atoms with Crippen LogP contribution in [0.2, 0.25) is 0 Å². The maximum Gasteiger partial charge on any atom is 0.317 e. The summed E-state index contributed by atoms with van der Waals surface area (Å²) in [5, 5.41) is 10.2. The smallest absolute Gasteiger partial charge is 0.317 e. The number of amides is 4. The standard InChI is InChI=1S/C27H33N9O4/c1-4-36-21(13-17(2)32-36)25(38)31-26-30-20-14-18(24(28)37)15-22(40-3)23(20)35(26)10-6-8-29-27(39)34-12-11-33-9-5-7-19(33)16-34/h5,7,9,13-15H,4,6,8,10-12,16H2,1-3H3,(H2,28,37)(H,29,39)(H,30,31,38). The molecule has 0 bridgehead atoms. The summed E-state index contributed by atoms with van der Waals surface area (Å²) in [6.07, 6.45) is 2.57. The molecule has 4 amide bonds. The largest absolute Gasteiger partial charge is 0.494 e. The zero-order valence-electron chi connectivity index (χ0n) is 22.8. The van der Waals surface area contributed by atoms with E-state index in [0.29, 0.717) is 61.6 Å². The number of hydrogen-bond acceptors (Lipinski definition) is 6. The lowest BCUT2D eigenvalue weighted by molar-refractivity contribution is 0.0995. The number of nitrogens with one attached hydrogen (secondary N) is 2. The summed E-state index contributed by atoms with van der Waals surface area (Å²) >= 11 is 0. The average Bonchev–Trinajstić information content (AvgIpc) is 3.66. The lowest BCUT2D eigenvalue weighted by atomic mass is 10.1. The van der Waals surface area contributed by atoms with Gasteiger partial charge in [-0.15, -0.1) is 0 Å². The van der Waals surface area contributed by atoms with Gasteiger partial charge >= 0.3 is 6.03 Å². The van der Waals surface area contributed by atoms with Gasteiger partial charge in [0, 0.05) is 50.2 Å². The molecule has 210 valence electrons. The van der Waals surface area contributed by atoms with Crippen molar-refractivity contribution >= 4 is 34.8 Å². The van der Waals surface area contributed by atoms with Crippen molar-refractivity contribution < 1.29 is 19.1 Å². The van der Waals surface area contributed by atoms with Crippen molar-refractivity contribution in [1.29, 1.82) is 0 Å². The second-order valence-corrected chi connectivity index (χ2v) is 9.64. The maximum absolute atomic E-state index is 13.2. The van der Waals surface area contributed by atoms with Crippen molar-refractivity contribution in [3.05, 3.63) is 59.2 Å². The molecule has 1 aliphatic heterocycles. The number of aryl methyl sites for hydroxylation is 3. The van der Waals surface area contributed by atoms with Crippen LogP contribution in [0.1, 0.15) is 45.6 Å². The highest BCUT2D eigenvalue weighted by Gasteiger charge is 2.22. The van der Waals surface area contributed by atoms with Crippen LogP contribution in [0, 0.1) is 6.92 Å². The van der Waals surface area contributed by atoms with Gasteiger partial charge in [-0.2, -0.15) is 5.10 Å². The molecule has 0 aliphatic carbocycles. The topological polar surface area (TPSA) is 154 Å². The third-order valence-corrected chi connectivity index (χ3v) is 6.98. The summed E-state index contributed by atoms with van der Waals surface area (Å²) in [5.74, 6) is -0.301. The Hall–Kier alpha value is -4.81. The summed E-state index contributed by atoms with van der Waals surface area (Å²) in [5.41, 5.74) is 9.05. The SMILES string of the molecule is CCn1nc(C)cc1C(=O)Nc1nc2cc(C(N)=O)cc(OC)c2n1CCCNC(=O)N1CCn2cccc2C1. The van der Waals surface area contributed by atoms with E-state index < -0.39 is 5.91 Å². The number of carbonyl (C=O) groups is 3. The third kappa shape index (κ3) is 5.22. The highest BCUT2D eigenvalue weighted by atomic mass is 16.5. The van der Waals surface area contributed by atoms with Gasteiger partial charge < -0.3 is 29.8 Å². The predicted molar refractivity (Wildman–Crippen MR) is 148 cm³/mol. The molecular formula is C27H33N9O4. The van der Waals surface area contributed by atoms with E-state index in [2.05, 4.69) is 25.3 Å². The molecule has 3 aromatic heterocycles. The Morgan fingerprint density at radius 1 is 1.18 bits per heavy atom. The Morgan fingerprint density at radius 2 is 2.00 bits per heavy atom.